The third-order valence-electron chi connectivity index (χ3n) is 3.51. The summed E-state index contributed by atoms with van der Waals surface area (Å²) in [6.45, 7) is 6.99. The molecule has 0 aromatic heterocycles. The number of hydrogen-bond donors (Lipinski definition) is 6. The Morgan fingerprint density at radius 2 is 1.71 bits per heavy atom. The van der Waals surface area contributed by atoms with E-state index in [4.69, 9.17) is 33.4 Å². The molecule has 0 saturated carbocycles. The average Bonchev–Trinajstić information content (AvgIpc) is 2.39. The van der Waals surface area contributed by atoms with Gasteiger partial charge in [-0.05, 0) is 59.7 Å². The Kier molecular flexibility index (Phi) is 9.38. The van der Waals surface area contributed by atoms with E-state index in [1.54, 1.807) is 20.8 Å². The van der Waals surface area contributed by atoms with Crippen LogP contribution in [0.4, 0.5) is 0 Å². The quantitative estimate of drug-likeness (QED) is 0.108. The molecule has 0 aromatic carbocycles. The predicted octanol–water partition coefficient (Wildman–Crippen LogP) is -1.91. The van der Waals surface area contributed by atoms with Gasteiger partial charge in [0.15, 0.2) is 5.92 Å². The van der Waals surface area contributed by atoms with E-state index in [1.165, 1.54) is 0 Å². The molecule has 0 bridgehead atoms. The normalized spacial score (nSPS) is 15.0. The molecule has 0 radical (unpaired) electrons. The van der Waals surface area contributed by atoms with Crippen molar-refractivity contribution in [1.82, 2.24) is 5.32 Å². The standard InChI is InChI=1S/C15H34N6O3/c1-14(2,3)24-13(23)11(12(18)22)15(19,20)10(17)6-9-21-8-5-4-7-16/h10-11,21H,4-9,16-17,19-20H2,1-3H3,(H2,18,22). The number of carbonyl (C=O) groups is 2. The SMILES string of the molecule is CC(C)(C)OC(=O)C(C(N)=O)C(N)(N)C(N)CCNCCCCN. The van der Waals surface area contributed by atoms with Crippen molar-refractivity contribution in [1.29, 1.82) is 0 Å². The maximum atomic E-state index is 12.2. The summed E-state index contributed by atoms with van der Waals surface area (Å²) in [4.78, 5) is 23.9. The highest BCUT2D eigenvalue weighted by Crippen LogP contribution is 2.19. The zero-order chi connectivity index (χ0) is 19.0. The first-order chi connectivity index (χ1) is 10.9. The van der Waals surface area contributed by atoms with Crippen molar-refractivity contribution in [2.24, 2.45) is 34.6 Å². The lowest BCUT2D eigenvalue weighted by Gasteiger charge is -2.36. The summed E-state index contributed by atoms with van der Waals surface area (Å²) >= 11 is 0. The molecule has 0 rings (SSSR count). The second-order valence-corrected chi connectivity index (χ2v) is 7.01. The predicted molar refractivity (Wildman–Crippen MR) is 93.4 cm³/mol. The third kappa shape index (κ3) is 8.02. The zero-order valence-corrected chi connectivity index (χ0v) is 15.0. The monoisotopic (exact) mass is 346 g/mol. The van der Waals surface area contributed by atoms with Gasteiger partial charge in [0.25, 0.3) is 0 Å². The molecular weight excluding hydrogens is 312 g/mol. The minimum Gasteiger partial charge on any atom is -0.459 e. The van der Waals surface area contributed by atoms with E-state index < -0.39 is 35.1 Å². The number of carbonyl (C=O) groups excluding carboxylic acids is 2. The summed E-state index contributed by atoms with van der Waals surface area (Å²) in [6.07, 6.45) is 2.26. The van der Waals surface area contributed by atoms with Crippen LogP contribution in [0, 0.1) is 5.92 Å². The Bertz CT molecular complexity index is 409. The van der Waals surface area contributed by atoms with Crippen molar-refractivity contribution in [2.45, 2.75) is 57.3 Å². The van der Waals surface area contributed by atoms with Gasteiger partial charge in [0, 0.05) is 6.04 Å². The van der Waals surface area contributed by atoms with Crippen LogP contribution >= 0.6 is 0 Å². The van der Waals surface area contributed by atoms with Gasteiger partial charge in [-0.1, -0.05) is 0 Å². The van der Waals surface area contributed by atoms with Crippen LogP contribution < -0.4 is 34.0 Å². The molecule has 0 saturated heterocycles. The number of unbranched alkanes of at least 4 members (excludes halogenated alkanes) is 1. The average molecular weight is 346 g/mol. The molecule has 2 unspecified atom stereocenters. The molecule has 0 aliphatic carbocycles. The molecule has 1 amide bonds. The van der Waals surface area contributed by atoms with Crippen molar-refractivity contribution < 1.29 is 14.3 Å². The highest BCUT2D eigenvalue weighted by Gasteiger charge is 2.47. The smallest absolute Gasteiger partial charge is 0.322 e. The first-order valence-corrected chi connectivity index (χ1v) is 8.19. The second-order valence-electron chi connectivity index (χ2n) is 7.01. The molecule has 2 atom stereocenters. The second kappa shape index (κ2) is 9.90. The van der Waals surface area contributed by atoms with Crippen LogP contribution in [0.2, 0.25) is 0 Å². The number of nitrogens with two attached hydrogens (primary N) is 5. The Balaban J connectivity index is 4.75. The minimum atomic E-state index is -1.80. The number of hydrogen-bond acceptors (Lipinski definition) is 8. The molecule has 0 fully saturated rings. The van der Waals surface area contributed by atoms with E-state index in [9.17, 15) is 9.59 Å². The Morgan fingerprint density at radius 3 is 2.17 bits per heavy atom. The molecule has 0 spiro atoms. The van der Waals surface area contributed by atoms with E-state index in [-0.39, 0.29) is 0 Å². The maximum absolute atomic E-state index is 12.2. The van der Waals surface area contributed by atoms with E-state index >= 15 is 0 Å². The summed E-state index contributed by atoms with van der Waals surface area (Å²) < 4.78 is 5.18. The molecule has 0 aromatic rings. The fourth-order valence-corrected chi connectivity index (χ4v) is 2.17. The summed E-state index contributed by atoms with van der Waals surface area (Å²) in [5.74, 6) is -3.35. The number of primary amides is 1. The Hall–Kier alpha value is -1.26. The summed E-state index contributed by atoms with van der Waals surface area (Å²) in [6, 6.07) is -0.815. The van der Waals surface area contributed by atoms with Crippen LogP contribution in [0.3, 0.4) is 0 Å². The first-order valence-electron chi connectivity index (χ1n) is 8.19. The topological polar surface area (TPSA) is 186 Å². The number of ether oxygens (including phenoxy) is 1. The zero-order valence-electron chi connectivity index (χ0n) is 15.0. The van der Waals surface area contributed by atoms with Crippen LogP contribution in [0.25, 0.3) is 0 Å². The summed E-state index contributed by atoms with van der Waals surface area (Å²) in [5, 5.41) is 3.18. The van der Waals surface area contributed by atoms with Gasteiger partial charge >= 0.3 is 5.97 Å². The van der Waals surface area contributed by atoms with Crippen LogP contribution in [-0.4, -0.2) is 48.8 Å². The lowest BCUT2D eigenvalue weighted by molar-refractivity contribution is -0.165. The fraction of sp³-hybridized carbons (Fsp3) is 0.867. The van der Waals surface area contributed by atoms with Crippen molar-refractivity contribution in [3.8, 4) is 0 Å². The molecule has 0 heterocycles. The van der Waals surface area contributed by atoms with Gasteiger partial charge in [-0.2, -0.15) is 0 Å². The molecule has 0 aliphatic rings. The van der Waals surface area contributed by atoms with E-state index in [1.807, 2.05) is 0 Å². The molecule has 24 heavy (non-hydrogen) atoms. The third-order valence-corrected chi connectivity index (χ3v) is 3.51. The molecule has 142 valence electrons. The van der Waals surface area contributed by atoms with Gasteiger partial charge in [-0.3, -0.25) is 9.59 Å². The van der Waals surface area contributed by atoms with E-state index in [2.05, 4.69) is 5.32 Å². The number of rotatable bonds is 11. The van der Waals surface area contributed by atoms with E-state index in [0.29, 0.717) is 19.5 Å². The highest BCUT2D eigenvalue weighted by atomic mass is 16.6. The van der Waals surface area contributed by atoms with Crippen LogP contribution in [-0.2, 0) is 14.3 Å². The van der Waals surface area contributed by atoms with Crippen molar-refractivity contribution in [3.63, 3.8) is 0 Å². The Labute approximate surface area is 144 Å². The van der Waals surface area contributed by atoms with Gasteiger partial charge in [-0.15, -0.1) is 0 Å². The van der Waals surface area contributed by atoms with E-state index in [0.717, 1.165) is 19.4 Å². The van der Waals surface area contributed by atoms with Gasteiger partial charge in [0.05, 0.1) is 0 Å². The largest absolute Gasteiger partial charge is 0.459 e. The van der Waals surface area contributed by atoms with Crippen molar-refractivity contribution >= 4 is 11.9 Å². The van der Waals surface area contributed by atoms with Crippen LogP contribution in [0.15, 0.2) is 0 Å². The number of esters is 1. The molecule has 11 N–H and O–H groups in total. The lowest BCUT2D eigenvalue weighted by atomic mass is 9.85. The van der Waals surface area contributed by atoms with Gasteiger partial charge in [-0.25, -0.2) is 0 Å². The highest BCUT2D eigenvalue weighted by molar-refractivity contribution is 5.98. The molecule has 0 aliphatic heterocycles. The molecule has 9 heteroatoms. The number of amides is 1. The van der Waals surface area contributed by atoms with Gasteiger partial charge in [0.1, 0.15) is 11.3 Å². The maximum Gasteiger partial charge on any atom is 0.322 e. The Morgan fingerprint density at radius 1 is 1.12 bits per heavy atom. The molecule has 9 nitrogen and oxygen atoms in total. The van der Waals surface area contributed by atoms with Gasteiger partial charge in [0.2, 0.25) is 5.91 Å². The van der Waals surface area contributed by atoms with Crippen LogP contribution in [0.5, 0.6) is 0 Å². The summed E-state index contributed by atoms with van der Waals surface area (Å²) in [7, 11) is 0. The van der Waals surface area contributed by atoms with Crippen molar-refractivity contribution in [3.05, 3.63) is 0 Å². The number of nitrogens with one attached hydrogen (secondary N) is 1. The van der Waals surface area contributed by atoms with Crippen LogP contribution in [0.1, 0.15) is 40.0 Å². The fourth-order valence-electron chi connectivity index (χ4n) is 2.17. The minimum absolute atomic E-state index is 0.377. The molecular formula is C15H34N6O3. The van der Waals surface area contributed by atoms with Gasteiger partial charge < -0.3 is 38.7 Å². The first kappa shape index (κ1) is 22.7. The van der Waals surface area contributed by atoms with Crippen molar-refractivity contribution in [2.75, 3.05) is 19.6 Å². The summed E-state index contributed by atoms with van der Waals surface area (Å²) in [5.41, 5.74) is 26.1. The lowest BCUT2D eigenvalue weighted by Crippen LogP contribution is -2.71.